The van der Waals surface area contributed by atoms with Crippen molar-refractivity contribution < 1.29 is 22.7 Å². The van der Waals surface area contributed by atoms with Gasteiger partial charge >= 0.3 is 0 Å². The van der Waals surface area contributed by atoms with Gasteiger partial charge in [-0.15, -0.1) is 0 Å². The second-order valence-electron chi connectivity index (χ2n) is 6.82. The highest BCUT2D eigenvalue weighted by atomic mass is 35.5. The van der Waals surface area contributed by atoms with Crippen LogP contribution in [0.2, 0.25) is 5.02 Å². The molecule has 0 fully saturated rings. The fourth-order valence-electron chi connectivity index (χ4n) is 2.99. The van der Waals surface area contributed by atoms with E-state index in [4.69, 9.17) is 21.1 Å². The molecule has 0 atom stereocenters. The molecule has 0 unspecified atom stereocenters. The molecule has 9 heteroatoms. The van der Waals surface area contributed by atoms with E-state index in [0.29, 0.717) is 40.7 Å². The molecule has 32 heavy (non-hydrogen) atoms. The normalized spacial score (nSPS) is 11.0. The number of benzene rings is 3. The Labute approximate surface area is 192 Å². The van der Waals surface area contributed by atoms with Gasteiger partial charge in [0.15, 0.2) is 0 Å². The van der Waals surface area contributed by atoms with Crippen LogP contribution in [0.15, 0.2) is 71.6 Å². The maximum absolute atomic E-state index is 12.5. The maximum Gasteiger partial charge on any atom is 0.261 e. The number of hydrogen-bond acceptors (Lipinski definition) is 5. The van der Waals surface area contributed by atoms with Crippen molar-refractivity contribution in [3.8, 4) is 11.5 Å². The number of anilines is 1. The van der Waals surface area contributed by atoms with E-state index in [1.165, 1.54) is 24.3 Å². The first-order chi connectivity index (χ1) is 15.3. The molecule has 0 aliphatic heterocycles. The lowest BCUT2D eigenvalue weighted by molar-refractivity contribution is 0.0954. The monoisotopic (exact) mass is 474 g/mol. The van der Waals surface area contributed by atoms with Crippen LogP contribution in [0.3, 0.4) is 0 Å². The van der Waals surface area contributed by atoms with Gasteiger partial charge in [0.1, 0.15) is 11.5 Å². The van der Waals surface area contributed by atoms with E-state index >= 15 is 0 Å². The Morgan fingerprint density at radius 1 is 0.938 bits per heavy atom. The smallest absolute Gasteiger partial charge is 0.261 e. The van der Waals surface area contributed by atoms with Gasteiger partial charge in [-0.2, -0.15) is 0 Å². The van der Waals surface area contributed by atoms with Crippen molar-refractivity contribution in [2.75, 3.05) is 25.5 Å². The van der Waals surface area contributed by atoms with E-state index in [1.807, 2.05) is 12.1 Å². The van der Waals surface area contributed by atoms with E-state index in [2.05, 4.69) is 10.0 Å². The lowest BCUT2D eigenvalue weighted by Crippen LogP contribution is -2.25. The molecule has 0 saturated heterocycles. The molecule has 3 rings (SSSR count). The first kappa shape index (κ1) is 23.4. The molecule has 168 valence electrons. The number of hydrogen-bond donors (Lipinski definition) is 2. The lowest BCUT2D eigenvalue weighted by Gasteiger charge is -2.11. The average Bonchev–Trinajstić information content (AvgIpc) is 2.80. The lowest BCUT2D eigenvalue weighted by atomic mass is 10.1. The third-order valence-electron chi connectivity index (χ3n) is 4.70. The molecule has 0 heterocycles. The van der Waals surface area contributed by atoms with Crippen LogP contribution in [0.25, 0.3) is 0 Å². The number of amides is 1. The first-order valence-electron chi connectivity index (χ1n) is 9.70. The molecule has 0 aliphatic carbocycles. The van der Waals surface area contributed by atoms with Gasteiger partial charge in [-0.25, -0.2) is 8.42 Å². The third-order valence-corrected chi connectivity index (χ3v) is 6.35. The molecule has 3 aromatic rings. The minimum Gasteiger partial charge on any atom is -0.497 e. The highest BCUT2D eigenvalue weighted by Crippen LogP contribution is 2.24. The average molecular weight is 475 g/mol. The Bertz CT molecular complexity index is 1180. The van der Waals surface area contributed by atoms with Crippen LogP contribution in [-0.4, -0.2) is 35.1 Å². The molecule has 3 aromatic carbocycles. The summed E-state index contributed by atoms with van der Waals surface area (Å²) < 4.78 is 38.1. The number of rotatable bonds is 9. The number of halogens is 1. The summed E-state index contributed by atoms with van der Waals surface area (Å²) in [6.07, 6.45) is 0.566. The third kappa shape index (κ3) is 5.93. The summed E-state index contributed by atoms with van der Waals surface area (Å²) in [6.45, 7) is 0.389. The Morgan fingerprint density at radius 2 is 1.62 bits per heavy atom. The quantitative estimate of drug-likeness (QED) is 0.486. The van der Waals surface area contributed by atoms with E-state index in [9.17, 15) is 13.2 Å². The molecule has 0 bridgehead atoms. The molecular weight excluding hydrogens is 452 g/mol. The molecule has 0 aromatic heterocycles. The molecule has 0 aliphatic rings. The van der Waals surface area contributed by atoms with Crippen LogP contribution >= 0.6 is 11.6 Å². The molecule has 2 N–H and O–H groups in total. The highest BCUT2D eigenvalue weighted by Gasteiger charge is 2.15. The van der Waals surface area contributed by atoms with Crippen LogP contribution in [0, 0.1) is 0 Å². The summed E-state index contributed by atoms with van der Waals surface area (Å²) >= 11 is 5.82. The molecule has 0 radical (unpaired) electrons. The topological polar surface area (TPSA) is 93.7 Å². The molecular formula is C23H23ClN2O5S. The van der Waals surface area contributed by atoms with Gasteiger partial charge in [0.2, 0.25) is 0 Å². The summed E-state index contributed by atoms with van der Waals surface area (Å²) in [7, 11) is -0.624. The van der Waals surface area contributed by atoms with Gasteiger partial charge in [-0.05, 0) is 66.6 Å². The highest BCUT2D eigenvalue weighted by molar-refractivity contribution is 7.92. The summed E-state index contributed by atoms with van der Waals surface area (Å²) in [5.41, 5.74) is 1.69. The van der Waals surface area contributed by atoms with E-state index in [-0.39, 0.29) is 10.8 Å². The van der Waals surface area contributed by atoms with Crippen LogP contribution in [0.1, 0.15) is 15.9 Å². The number of nitrogens with one attached hydrogen (secondary N) is 2. The molecule has 0 saturated carbocycles. The van der Waals surface area contributed by atoms with Gasteiger partial charge in [-0.3, -0.25) is 9.52 Å². The fourth-order valence-corrected chi connectivity index (χ4v) is 4.17. The van der Waals surface area contributed by atoms with Crippen molar-refractivity contribution >= 4 is 33.2 Å². The first-order valence-corrected chi connectivity index (χ1v) is 11.6. The van der Waals surface area contributed by atoms with Crippen LogP contribution in [0.5, 0.6) is 11.5 Å². The van der Waals surface area contributed by atoms with Crippen LogP contribution in [-0.2, 0) is 16.4 Å². The minimum absolute atomic E-state index is 0.0481. The van der Waals surface area contributed by atoms with Gasteiger partial charge in [-0.1, -0.05) is 17.7 Å². The predicted octanol–water partition coefficient (Wildman–Crippen LogP) is 4.13. The summed E-state index contributed by atoms with van der Waals surface area (Å²) in [4.78, 5) is 12.5. The van der Waals surface area contributed by atoms with Crippen LogP contribution in [0.4, 0.5) is 5.69 Å². The number of ether oxygens (including phenoxy) is 2. The van der Waals surface area contributed by atoms with Crippen molar-refractivity contribution in [3.63, 3.8) is 0 Å². The van der Waals surface area contributed by atoms with Crippen molar-refractivity contribution in [2.24, 2.45) is 0 Å². The summed E-state index contributed by atoms with van der Waals surface area (Å²) in [6, 6.07) is 17.5. The van der Waals surface area contributed by atoms with Gasteiger partial charge in [0.05, 0.1) is 19.1 Å². The largest absolute Gasteiger partial charge is 0.497 e. The second-order valence-corrected chi connectivity index (χ2v) is 8.94. The SMILES string of the molecule is COc1ccc(CCNC(=O)c2ccc(S(=O)(=O)Nc3ccc(Cl)cc3)cc2)c(OC)c1. The minimum atomic E-state index is -3.78. The number of sulfonamides is 1. The number of carbonyl (C=O) groups excluding carboxylic acids is 1. The molecule has 1 amide bonds. The van der Waals surface area contributed by atoms with E-state index in [1.54, 1.807) is 44.6 Å². The van der Waals surface area contributed by atoms with Crippen molar-refractivity contribution in [1.29, 1.82) is 0 Å². The van der Waals surface area contributed by atoms with Gasteiger partial charge < -0.3 is 14.8 Å². The van der Waals surface area contributed by atoms with Gasteiger partial charge in [0.25, 0.3) is 15.9 Å². The van der Waals surface area contributed by atoms with Gasteiger partial charge in [0, 0.05) is 28.9 Å². The second kappa shape index (κ2) is 10.4. The molecule has 7 nitrogen and oxygen atoms in total. The standard InChI is InChI=1S/C23H23ClN2O5S/c1-30-20-10-3-16(22(15-20)31-2)13-14-25-23(27)17-4-11-21(12-5-17)32(28,29)26-19-8-6-18(24)7-9-19/h3-12,15,26H,13-14H2,1-2H3,(H,25,27). The predicted molar refractivity (Wildman–Crippen MR) is 124 cm³/mol. The van der Waals surface area contributed by atoms with Crippen LogP contribution < -0.4 is 19.5 Å². The Balaban J connectivity index is 1.59. The van der Waals surface area contributed by atoms with Crippen molar-refractivity contribution in [2.45, 2.75) is 11.3 Å². The molecule has 0 spiro atoms. The summed E-state index contributed by atoms with van der Waals surface area (Å²) in [5, 5.41) is 3.34. The zero-order chi connectivity index (χ0) is 23.1. The zero-order valence-electron chi connectivity index (χ0n) is 17.6. The maximum atomic E-state index is 12.5. The van der Waals surface area contributed by atoms with E-state index < -0.39 is 10.0 Å². The van der Waals surface area contributed by atoms with Crippen molar-refractivity contribution in [3.05, 3.63) is 82.9 Å². The number of methoxy groups -OCH3 is 2. The van der Waals surface area contributed by atoms with E-state index in [0.717, 1.165) is 5.56 Å². The Morgan fingerprint density at radius 3 is 2.25 bits per heavy atom. The number of carbonyl (C=O) groups is 1. The van der Waals surface area contributed by atoms with Crippen molar-refractivity contribution in [1.82, 2.24) is 5.32 Å². The fraction of sp³-hybridized carbons (Fsp3) is 0.174. The summed E-state index contributed by atoms with van der Waals surface area (Å²) in [5.74, 6) is 1.07. The zero-order valence-corrected chi connectivity index (χ0v) is 19.2. The Hall–Kier alpha value is -3.23. The Kier molecular flexibility index (Phi) is 7.61.